The molecule has 78 valence electrons. The van der Waals surface area contributed by atoms with Gasteiger partial charge in [0.2, 0.25) is 0 Å². The average molecular weight is 184 g/mol. The molecule has 0 aromatic heterocycles. The topological polar surface area (TPSA) is 20.2 Å². The maximum atomic E-state index is 9.44. The van der Waals surface area contributed by atoms with Crippen LogP contribution in [-0.2, 0) is 0 Å². The smallest absolute Gasteiger partial charge is 0.0540 e. The second-order valence-corrected chi connectivity index (χ2v) is 4.08. The van der Waals surface area contributed by atoms with Crippen molar-refractivity contribution in [3.8, 4) is 0 Å². The van der Waals surface area contributed by atoms with Crippen LogP contribution in [-0.4, -0.2) is 11.2 Å². The molecule has 0 heterocycles. The summed E-state index contributed by atoms with van der Waals surface area (Å²) < 4.78 is 0. The minimum Gasteiger partial charge on any atom is -0.393 e. The lowest BCUT2D eigenvalue weighted by Crippen LogP contribution is -2.10. The molecule has 0 aliphatic carbocycles. The molecule has 1 heteroatoms. The molecular weight excluding hydrogens is 160 g/mol. The standard InChI is InChI=1S/C12H24O/c1-5-10(3)7-8-11(4)9-12(13)6-2/h5,11-13H,6-9H2,1-4H3. The Hall–Kier alpha value is -0.300. The fourth-order valence-electron chi connectivity index (χ4n) is 1.37. The predicted octanol–water partition coefficient (Wildman–Crippen LogP) is 3.53. The van der Waals surface area contributed by atoms with Crippen molar-refractivity contribution in [2.45, 2.75) is 59.5 Å². The summed E-state index contributed by atoms with van der Waals surface area (Å²) in [6, 6.07) is 0. The molecule has 1 N–H and O–H groups in total. The first-order chi connectivity index (χ1) is 6.10. The highest BCUT2D eigenvalue weighted by Gasteiger charge is 2.08. The summed E-state index contributed by atoms with van der Waals surface area (Å²) >= 11 is 0. The van der Waals surface area contributed by atoms with E-state index in [4.69, 9.17) is 0 Å². The van der Waals surface area contributed by atoms with Crippen molar-refractivity contribution in [1.82, 2.24) is 0 Å². The lowest BCUT2D eigenvalue weighted by Gasteiger charge is -2.14. The van der Waals surface area contributed by atoms with Crippen LogP contribution in [0.4, 0.5) is 0 Å². The van der Waals surface area contributed by atoms with Crippen LogP contribution < -0.4 is 0 Å². The van der Waals surface area contributed by atoms with Crippen LogP contribution in [0.3, 0.4) is 0 Å². The number of allylic oxidation sites excluding steroid dienone is 2. The maximum absolute atomic E-state index is 9.44. The molecule has 13 heavy (non-hydrogen) atoms. The Morgan fingerprint density at radius 1 is 1.46 bits per heavy atom. The minimum absolute atomic E-state index is 0.0964. The third-order valence-electron chi connectivity index (χ3n) is 2.67. The zero-order valence-electron chi connectivity index (χ0n) is 9.51. The Morgan fingerprint density at radius 2 is 2.08 bits per heavy atom. The minimum atomic E-state index is -0.0964. The van der Waals surface area contributed by atoms with Gasteiger partial charge in [0.1, 0.15) is 0 Å². The monoisotopic (exact) mass is 184 g/mol. The van der Waals surface area contributed by atoms with Crippen LogP contribution in [0.25, 0.3) is 0 Å². The number of aliphatic hydroxyl groups is 1. The van der Waals surface area contributed by atoms with Gasteiger partial charge < -0.3 is 5.11 Å². The third-order valence-corrected chi connectivity index (χ3v) is 2.67. The van der Waals surface area contributed by atoms with E-state index in [0.717, 1.165) is 12.8 Å². The molecule has 2 unspecified atom stereocenters. The summed E-state index contributed by atoms with van der Waals surface area (Å²) in [5, 5.41) is 9.44. The van der Waals surface area contributed by atoms with Crippen molar-refractivity contribution in [3.05, 3.63) is 11.6 Å². The molecule has 0 amide bonds. The molecule has 0 spiro atoms. The van der Waals surface area contributed by atoms with Crippen molar-refractivity contribution < 1.29 is 5.11 Å². The van der Waals surface area contributed by atoms with Crippen molar-refractivity contribution >= 4 is 0 Å². The fraction of sp³-hybridized carbons (Fsp3) is 0.833. The average Bonchev–Trinajstić information content (AvgIpc) is 2.13. The molecule has 0 aliphatic rings. The van der Waals surface area contributed by atoms with Crippen molar-refractivity contribution in [2.75, 3.05) is 0 Å². The van der Waals surface area contributed by atoms with Gasteiger partial charge in [-0.3, -0.25) is 0 Å². The van der Waals surface area contributed by atoms with Crippen LogP contribution >= 0.6 is 0 Å². The van der Waals surface area contributed by atoms with E-state index in [-0.39, 0.29) is 6.10 Å². The Balaban J connectivity index is 3.57. The lowest BCUT2D eigenvalue weighted by atomic mass is 9.95. The lowest BCUT2D eigenvalue weighted by molar-refractivity contribution is 0.139. The van der Waals surface area contributed by atoms with Gasteiger partial charge in [0.15, 0.2) is 0 Å². The van der Waals surface area contributed by atoms with Gasteiger partial charge in [-0.1, -0.05) is 25.5 Å². The Labute approximate surface area is 82.9 Å². The molecule has 0 aliphatic heterocycles. The van der Waals surface area contributed by atoms with E-state index in [0.29, 0.717) is 5.92 Å². The second kappa shape index (κ2) is 7.14. The van der Waals surface area contributed by atoms with Crippen LogP contribution in [0.1, 0.15) is 53.4 Å². The molecular formula is C12H24O. The van der Waals surface area contributed by atoms with Gasteiger partial charge in [0.25, 0.3) is 0 Å². The van der Waals surface area contributed by atoms with E-state index in [1.807, 2.05) is 6.92 Å². The zero-order chi connectivity index (χ0) is 10.3. The molecule has 2 atom stereocenters. The van der Waals surface area contributed by atoms with E-state index in [1.54, 1.807) is 0 Å². The number of hydrogen-bond acceptors (Lipinski definition) is 1. The van der Waals surface area contributed by atoms with Gasteiger partial charge in [-0.2, -0.15) is 0 Å². The first-order valence-corrected chi connectivity index (χ1v) is 5.40. The van der Waals surface area contributed by atoms with Gasteiger partial charge in [0, 0.05) is 0 Å². The summed E-state index contributed by atoms with van der Waals surface area (Å²) in [6.07, 6.45) is 6.28. The van der Waals surface area contributed by atoms with Gasteiger partial charge in [-0.25, -0.2) is 0 Å². The Bertz CT molecular complexity index is 149. The summed E-state index contributed by atoms with van der Waals surface area (Å²) in [5.74, 6) is 0.643. The molecule has 0 saturated carbocycles. The summed E-state index contributed by atoms with van der Waals surface area (Å²) in [5.41, 5.74) is 1.46. The van der Waals surface area contributed by atoms with E-state index in [9.17, 15) is 5.11 Å². The van der Waals surface area contributed by atoms with E-state index < -0.39 is 0 Å². The zero-order valence-corrected chi connectivity index (χ0v) is 9.51. The van der Waals surface area contributed by atoms with Gasteiger partial charge in [0.05, 0.1) is 6.10 Å². The summed E-state index contributed by atoms with van der Waals surface area (Å²) in [4.78, 5) is 0. The highest BCUT2D eigenvalue weighted by molar-refractivity contribution is 4.95. The first-order valence-electron chi connectivity index (χ1n) is 5.40. The normalized spacial score (nSPS) is 17.2. The van der Waals surface area contributed by atoms with Crippen LogP contribution in [0, 0.1) is 5.92 Å². The molecule has 0 bridgehead atoms. The largest absolute Gasteiger partial charge is 0.393 e. The SMILES string of the molecule is CC=C(C)CCC(C)CC(O)CC. The van der Waals surface area contributed by atoms with E-state index in [2.05, 4.69) is 26.8 Å². The second-order valence-electron chi connectivity index (χ2n) is 4.08. The van der Waals surface area contributed by atoms with E-state index >= 15 is 0 Å². The van der Waals surface area contributed by atoms with Gasteiger partial charge >= 0.3 is 0 Å². The summed E-state index contributed by atoms with van der Waals surface area (Å²) in [6.45, 7) is 8.51. The highest BCUT2D eigenvalue weighted by atomic mass is 16.3. The Kier molecular flexibility index (Phi) is 6.97. The molecule has 1 nitrogen and oxygen atoms in total. The number of hydrogen-bond donors (Lipinski definition) is 1. The fourth-order valence-corrected chi connectivity index (χ4v) is 1.37. The van der Waals surface area contributed by atoms with Crippen molar-refractivity contribution in [3.63, 3.8) is 0 Å². The molecule has 0 rings (SSSR count). The van der Waals surface area contributed by atoms with Gasteiger partial charge in [-0.05, 0) is 45.4 Å². The summed E-state index contributed by atoms with van der Waals surface area (Å²) in [7, 11) is 0. The molecule has 0 fully saturated rings. The van der Waals surface area contributed by atoms with Crippen LogP contribution in [0.5, 0.6) is 0 Å². The van der Waals surface area contributed by atoms with Crippen molar-refractivity contribution in [2.24, 2.45) is 5.92 Å². The molecule has 0 aromatic carbocycles. The van der Waals surface area contributed by atoms with E-state index in [1.165, 1.54) is 18.4 Å². The molecule has 0 radical (unpaired) electrons. The van der Waals surface area contributed by atoms with Crippen molar-refractivity contribution in [1.29, 1.82) is 0 Å². The van der Waals surface area contributed by atoms with Crippen LogP contribution in [0.2, 0.25) is 0 Å². The van der Waals surface area contributed by atoms with Gasteiger partial charge in [-0.15, -0.1) is 0 Å². The molecule has 0 aromatic rings. The van der Waals surface area contributed by atoms with Crippen LogP contribution in [0.15, 0.2) is 11.6 Å². The number of aliphatic hydroxyl groups excluding tert-OH is 1. The maximum Gasteiger partial charge on any atom is 0.0540 e. The Morgan fingerprint density at radius 3 is 2.54 bits per heavy atom. The quantitative estimate of drug-likeness (QED) is 0.626. The first kappa shape index (κ1) is 12.7. The molecule has 0 saturated heterocycles. The third kappa shape index (κ3) is 6.83. The predicted molar refractivity (Wildman–Crippen MR) is 58.7 cm³/mol. The number of rotatable bonds is 6. The highest BCUT2D eigenvalue weighted by Crippen LogP contribution is 2.17.